The zero-order valence-electron chi connectivity index (χ0n) is 10.5. The van der Waals surface area contributed by atoms with Crippen LogP contribution in [0.1, 0.15) is 10.4 Å². The van der Waals surface area contributed by atoms with Crippen molar-refractivity contribution in [3.05, 3.63) is 54.6 Å². The number of carboxylic acids is 1. The van der Waals surface area contributed by atoms with E-state index in [2.05, 4.69) is 6.58 Å². The molecule has 0 heterocycles. The molecule has 0 aliphatic rings. The first-order chi connectivity index (χ1) is 9.13. The highest BCUT2D eigenvalue weighted by Gasteiger charge is 2.03. The van der Waals surface area contributed by atoms with E-state index in [0.29, 0.717) is 5.56 Å². The van der Waals surface area contributed by atoms with Crippen LogP contribution in [-0.4, -0.2) is 24.5 Å². The molecule has 0 fully saturated rings. The van der Waals surface area contributed by atoms with Gasteiger partial charge in [0.15, 0.2) is 6.29 Å². The van der Waals surface area contributed by atoms with E-state index in [-0.39, 0.29) is 0 Å². The van der Waals surface area contributed by atoms with Crippen LogP contribution in [0.2, 0.25) is 0 Å². The molecule has 0 aromatic heterocycles. The van der Waals surface area contributed by atoms with Gasteiger partial charge in [0.25, 0.3) is 0 Å². The zero-order chi connectivity index (χ0) is 14.3. The third-order valence-corrected chi connectivity index (χ3v) is 2.44. The minimum Gasteiger partial charge on any atom is -0.496 e. The number of ether oxygens (including phenoxy) is 1. The molecule has 0 saturated heterocycles. The molecule has 0 amide bonds. The summed E-state index contributed by atoms with van der Waals surface area (Å²) in [5, 5.41) is 9.51. The van der Waals surface area contributed by atoms with Gasteiger partial charge in [-0.25, -0.2) is 4.79 Å². The summed E-state index contributed by atoms with van der Waals surface area (Å²) in [4.78, 5) is 20.0. The monoisotopic (exact) mass is 258 g/mol. The SMILES string of the molecule is C=CC(=O)O.COc1ccc(C=O)c2ccccc12. The van der Waals surface area contributed by atoms with Gasteiger partial charge in [-0.1, -0.05) is 30.8 Å². The predicted molar refractivity (Wildman–Crippen MR) is 73.7 cm³/mol. The minimum atomic E-state index is -0.981. The van der Waals surface area contributed by atoms with Crippen molar-refractivity contribution in [2.75, 3.05) is 7.11 Å². The molecule has 1 N–H and O–H groups in total. The first-order valence-electron chi connectivity index (χ1n) is 5.50. The molecule has 0 aliphatic carbocycles. The second-order valence-corrected chi connectivity index (χ2v) is 3.56. The Labute approximate surface area is 110 Å². The second kappa shape index (κ2) is 6.96. The van der Waals surface area contributed by atoms with E-state index in [1.165, 1.54) is 0 Å². The molecule has 2 aromatic rings. The van der Waals surface area contributed by atoms with Gasteiger partial charge in [0.2, 0.25) is 0 Å². The number of fused-ring (bicyclic) bond motifs is 1. The van der Waals surface area contributed by atoms with Crippen LogP contribution in [-0.2, 0) is 4.79 Å². The predicted octanol–water partition coefficient (Wildman–Crippen LogP) is 2.92. The number of carboxylic acid groups (broad SMARTS) is 1. The van der Waals surface area contributed by atoms with Crippen molar-refractivity contribution in [3.63, 3.8) is 0 Å². The maximum absolute atomic E-state index is 10.8. The summed E-state index contributed by atoms with van der Waals surface area (Å²) in [5.74, 6) is -0.184. The molecule has 2 aromatic carbocycles. The van der Waals surface area contributed by atoms with E-state index < -0.39 is 5.97 Å². The van der Waals surface area contributed by atoms with Gasteiger partial charge >= 0.3 is 5.97 Å². The second-order valence-electron chi connectivity index (χ2n) is 3.56. The van der Waals surface area contributed by atoms with Crippen molar-refractivity contribution in [2.45, 2.75) is 0 Å². The number of aldehydes is 1. The quantitative estimate of drug-likeness (QED) is 0.679. The van der Waals surface area contributed by atoms with Crippen molar-refractivity contribution in [1.29, 1.82) is 0 Å². The molecular formula is C15H14O4. The normalized spacial score (nSPS) is 9.11. The Bertz CT molecular complexity index is 602. The highest BCUT2D eigenvalue weighted by atomic mass is 16.5. The van der Waals surface area contributed by atoms with Gasteiger partial charge in [0.1, 0.15) is 5.75 Å². The van der Waals surface area contributed by atoms with Crippen molar-refractivity contribution in [2.24, 2.45) is 0 Å². The van der Waals surface area contributed by atoms with Crippen molar-refractivity contribution in [3.8, 4) is 5.75 Å². The number of carbonyl (C=O) groups is 2. The van der Waals surface area contributed by atoms with E-state index in [9.17, 15) is 9.59 Å². The van der Waals surface area contributed by atoms with Gasteiger partial charge in [-0.05, 0) is 17.5 Å². The topological polar surface area (TPSA) is 63.6 Å². The lowest BCUT2D eigenvalue weighted by Crippen LogP contribution is -1.88. The molecular weight excluding hydrogens is 244 g/mol. The van der Waals surface area contributed by atoms with E-state index >= 15 is 0 Å². The fraction of sp³-hybridized carbons (Fsp3) is 0.0667. The average Bonchev–Trinajstić information content (AvgIpc) is 2.46. The molecule has 0 aliphatic heterocycles. The lowest BCUT2D eigenvalue weighted by atomic mass is 10.0. The zero-order valence-corrected chi connectivity index (χ0v) is 10.5. The van der Waals surface area contributed by atoms with Crippen LogP contribution in [0.4, 0.5) is 0 Å². The first-order valence-corrected chi connectivity index (χ1v) is 5.50. The Hall–Kier alpha value is -2.62. The Kier molecular flexibility index (Phi) is 5.29. The third kappa shape index (κ3) is 3.67. The molecule has 19 heavy (non-hydrogen) atoms. The molecule has 0 atom stereocenters. The van der Waals surface area contributed by atoms with Crippen LogP contribution in [0.15, 0.2) is 49.1 Å². The lowest BCUT2D eigenvalue weighted by molar-refractivity contribution is -0.131. The fourth-order valence-corrected chi connectivity index (χ4v) is 1.58. The maximum Gasteiger partial charge on any atom is 0.327 e. The van der Waals surface area contributed by atoms with E-state index in [1.54, 1.807) is 13.2 Å². The van der Waals surface area contributed by atoms with Crippen molar-refractivity contribution < 1.29 is 19.4 Å². The van der Waals surface area contributed by atoms with Crippen LogP contribution in [0.5, 0.6) is 5.75 Å². The highest BCUT2D eigenvalue weighted by molar-refractivity contribution is 6.00. The summed E-state index contributed by atoms with van der Waals surface area (Å²) in [6.07, 6.45) is 1.70. The smallest absolute Gasteiger partial charge is 0.327 e. The fourth-order valence-electron chi connectivity index (χ4n) is 1.58. The molecule has 98 valence electrons. The van der Waals surface area contributed by atoms with Crippen molar-refractivity contribution >= 4 is 23.0 Å². The van der Waals surface area contributed by atoms with Gasteiger partial charge in [0, 0.05) is 17.0 Å². The number of hydrogen-bond acceptors (Lipinski definition) is 3. The van der Waals surface area contributed by atoms with Gasteiger partial charge in [-0.2, -0.15) is 0 Å². The highest BCUT2D eigenvalue weighted by Crippen LogP contribution is 2.27. The summed E-state index contributed by atoms with van der Waals surface area (Å²) in [6.45, 7) is 2.96. The molecule has 0 bridgehead atoms. The molecule has 4 heteroatoms. The van der Waals surface area contributed by atoms with E-state index in [0.717, 1.165) is 28.9 Å². The molecule has 0 radical (unpaired) electrons. The van der Waals surface area contributed by atoms with Gasteiger partial charge in [-0.3, -0.25) is 4.79 Å². The van der Waals surface area contributed by atoms with E-state index in [4.69, 9.17) is 9.84 Å². The molecule has 4 nitrogen and oxygen atoms in total. The number of benzene rings is 2. The Morgan fingerprint density at radius 1 is 1.21 bits per heavy atom. The Balaban J connectivity index is 0.000000312. The molecule has 2 rings (SSSR count). The first kappa shape index (κ1) is 14.4. The largest absolute Gasteiger partial charge is 0.496 e. The number of aliphatic carboxylic acids is 1. The number of carbonyl (C=O) groups excluding carboxylic acids is 1. The Morgan fingerprint density at radius 2 is 1.79 bits per heavy atom. The van der Waals surface area contributed by atoms with Crippen LogP contribution in [0.25, 0.3) is 10.8 Å². The summed E-state index contributed by atoms with van der Waals surface area (Å²) in [5.41, 5.74) is 0.696. The summed E-state index contributed by atoms with van der Waals surface area (Å²) in [7, 11) is 1.63. The average molecular weight is 258 g/mol. The lowest BCUT2D eigenvalue weighted by Gasteiger charge is -2.06. The standard InChI is InChI=1S/C12H10O2.C3H4O2/c1-14-12-7-6-9(8-13)10-4-2-3-5-11(10)12;1-2-3(4)5/h2-8H,1H3;2H,1H2,(H,4,5). The third-order valence-electron chi connectivity index (χ3n) is 2.44. The van der Waals surface area contributed by atoms with Crippen LogP contribution in [0.3, 0.4) is 0 Å². The number of rotatable bonds is 3. The molecule has 0 spiro atoms. The number of methoxy groups -OCH3 is 1. The minimum absolute atomic E-state index is 0.696. The van der Waals surface area contributed by atoms with Crippen molar-refractivity contribution in [1.82, 2.24) is 0 Å². The number of hydrogen-bond donors (Lipinski definition) is 1. The van der Waals surface area contributed by atoms with Crippen LogP contribution >= 0.6 is 0 Å². The molecule has 0 unspecified atom stereocenters. The summed E-state index contributed by atoms with van der Waals surface area (Å²) in [6, 6.07) is 11.3. The van der Waals surface area contributed by atoms with E-state index in [1.807, 2.05) is 30.3 Å². The van der Waals surface area contributed by atoms with Gasteiger partial charge in [-0.15, -0.1) is 0 Å². The molecule has 0 saturated carbocycles. The maximum atomic E-state index is 10.8. The van der Waals surface area contributed by atoms with Gasteiger partial charge in [0.05, 0.1) is 7.11 Å². The van der Waals surface area contributed by atoms with Gasteiger partial charge < -0.3 is 9.84 Å². The summed E-state index contributed by atoms with van der Waals surface area (Å²) < 4.78 is 5.21. The summed E-state index contributed by atoms with van der Waals surface area (Å²) >= 11 is 0. The van der Waals surface area contributed by atoms with Crippen LogP contribution in [0, 0.1) is 0 Å². The van der Waals surface area contributed by atoms with Crippen LogP contribution < -0.4 is 4.74 Å². The Morgan fingerprint density at radius 3 is 2.26 bits per heavy atom.